The van der Waals surface area contributed by atoms with E-state index in [1.54, 1.807) is 43.6 Å². The molecule has 0 atom stereocenters. The zero-order valence-corrected chi connectivity index (χ0v) is 16.9. The summed E-state index contributed by atoms with van der Waals surface area (Å²) in [6.07, 6.45) is 3.16. The first-order valence-electron chi connectivity index (χ1n) is 8.73. The van der Waals surface area contributed by atoms with Gasteiger partial charge in [0.1, 0.15) is 12.3 Å². The molecule has 0 unspecified atom stereocenters. The molecule has 0 saturated carbocycles. The average Bonchev–Trinajstić information content (AvgIpc) is 3.29. The first-order chi connectivity index (χ1) is 13.9. The maximum absolute atomic E-state index is 12.7. The lowest BCUT2D eigenvalue weighted by molar-refractivity contribution is -0.121. The van der Waals surface area contributed by atoms with Crippen LogP contribution in [0.1, 0.15) is 5.76 Å². The quantitative estimate of drug-likeness (QED) is 0.524. The van der Waals surface area contributed by atoms with Gasteiger partial charge in [-0.05, 0) is 42.0 Å². The van der Waals surface area contributed by atoms with Crippen LogP contribution < -0.4 is 11.0 Å². The van der Waals surface area contributed by atoms with Gasteiger partial charge in [-0.2, -0.15) is 0 Å². The number of furan rings is 1. The van der Waals surface area contributed by atoms with Gasteiger partial charge >= 0.3 is 5.69 Å². The molecule has 9 heteroatoms. The van der Waals surface area contributed by atoms with Gasteiger partial charge in [-0.3, -0.25) is 13.9 Å². The number of hydrogen-bond acceptors (Lipinski definition) is 4. The number of rotatable bonds is 5. The Labute approximate surface area is 175 Å². The Morgan fingerprint density at radius 3 is 2.62 bits per heavy atom. The van der Waals surface area contributed by atoms with E-state index >= 15 is 0 Å². The fourth-order valence-corrected chi connectivity index (χ4v) is 3.62. The highest BCUT2D eigenvalue weighted by atomic mass is 35.5. The molecule has 7 nitrogen and oxygen atoms in total. The highest BCUT2D eigenvalue weighted by Crippen LogP contribution is 2.28. The number of carbonyl (C=O) groups is 1. The number of nitrogens with zero attached hydrogens (tertiary/aromatic N) is 3. The molecule has 148 valence electrons. The number of pyridine rings is 1. The lowest BCUT2D eigenvalue weighted by Crippen LogP contribution is -2.32. The van der Waals surface area contributed by atoms with Gasteiger partial charge in [-0.15, -0.1) is 0 Å². The van der Waals surface area contributed by atoms with Gasteiger partial charge < -0.3 is 9.73 Å². The van der Waals surface area contributed by atoms with Gasteiger partial charge in [0.05, 0.1) is 18.3 Å². The number of aromatic nitrogens is 3. The first kappa shape index (κ1) is 19.3. The van der Waals surface area contributed by atoms with E-state index in [1.807, 2.05) is 6.07 Å². The molecule has 1 aromatic carbocycles. The molecule has 0 bridgehead atoms. The van der Waals surface area contributed by atoms with Gasteiger partial charge in [0.15, 0.2) is 5.65 Å². The third kappa shape index (κ3) is 3.92. The van der Waals surface area contributed by atoms with Crippen LogP contribution in [0.2, 0.25) is 10.0 Å². The van der Waals surface area contributed by atoms with E-state index in [0.717, 1.165) is 11.1 Å². The van der Waals surface area contributed by atoms with Crippen molar-refractivity contribution in [3.05, 3.63) is 75.1 Å². The summed E-state index contributed by atoms with van der Waals surface area (Å²) in [5, 5.41) is 3.74. The van der Waals surface area contributed by atoms with Crippen LogP contribution in [0, 0.1) is 0 Å². The second-order valence-corrected chi connectivity index (χ2v) is 7.38. The second kappa shape index (κ2) is 7.77. The van der Waals surface area contributed by atoms with Crippen molar-refractivity contribution in [3.8, 4) is 11.1 Å². The fraction of sp³-hybridized carbons (Fsp3) is 0.150. The minimum atomic E-state index is -0.332. The SMILES string of the molecule is Cn1c(=O)n(CC(=O)NCc2ccco2)c2ncc(-c3cc(Cl)cc(Cl)c3)cc21. The molecule has 0 saturated heterocycles. The van der Waals surface area contributed by atoms with E-state index in [2.05, 4.69) is 10.3 Å². The normalized spacial score (nSPS) is 11.1. The van der Waals surface area contributed by atoms with Crippen LogP contribution in [0.5, 0.6) is 0 Å². The van der Waals surface area contributed by atoms with E-state index in [4.69, 9.17) is 27.6 Å². The van der Waals surface area contributed by atoms with E-state index in [-0.39, 0.29) is 24.7 Å². The van der Waals surface area contributed by atoms with Crippen molar-refractivity contribution in [2.24, 2.45) is 7.05 Å². The van der Waals surface area contributed by atoms with Gasteiger partial charge in [-0.1, -0.05) is 23.2 Å². The Morgan fingerprint density at radius 2 is 1.93 bits per heavy atom. The number of amides is 1. The molecule has 0 radical (unpaired) electrons. The Balaban J connectivity index is 1.64. The van der Waals surface area contributed by atoms with Gasteiger partial charge in [0.25, 0.3) is 0 Å². The van der Waals surface area contributed by atoms with Crippen LogP contribution in [0.3, 0.4) is 0 Å². The van der Waals surface area contributed by atoms with Crippen LogP contribution in [0.25, 0.3) is 22.3 Å². The van der Waals surface area contributed by atoms with E-state index in [1.165, 1.54) is 15.4 Å². The number of aryl methyl sites for hydroxylation is 1. The maximum Gasteiger partial charge on any atom is 0.330 e. The number of nitrogens with one attached hydrogen (secondary N) is 1. The van der Waals surface area contributed by atoms with Crippen LogP contribution in [0.15, 0.2) is 58.1 Å². The zero-order valence-electron chi connectivity index (χ0n) is 15.4. The van der Waals surface area contributed by atoms with Crippen molar-refractivity contribution >= 4 is 40.3 Å². The van der Waals surface area contributed by atoms with Gasteiger partial charge in [0, 0.05) is 28.9 Å². The topological polar surface area (TPSA) is 82.1 Å². The summed E-state index contributed by atoms with van der Waals surface area (Å²) in [5.74, 6) is 0.315. The molecule has 0 fully saturated rings. The van der Waals surface area contributed by atoms with Crippen LogP contribution in [-0.4, -0.2) is 20.0 Å². The van der Waals surface area contributed by atoms with Gasteiger partial charge in [0.2, 0.25) is 5.91 Å². The predicted octanol–water partition coefficient (Wildman–Crippen LogP) is 3.62. The molecular weight excluding hydrogens is 415 g/mol. The standard InChI is InChI=1S/C20H16Cl2N4O3/c1-25-17-7-13(12-5-14(21)8-15(22)6-12)9-24-19(17)26(20(25)28)11-18(27)23-10-16-3-2-4-29-16/h2-9H,10-11H2,1H3,(H,23,27). The second-order valence-electron chi connectivity index (χ2n) is 6.51. The molecule has 3 heterocycles. The van der Waals surface area contributed by atoms with Crippen molar-refractivity contribution in [2.45, 2.75) is 13.1 Å². The smallest absolute Gasteiger partial charge is 0.330 e. The summed E-state index contributed by atoms with van der Waals surface area (Å²) in [5.41, 5.74) is 2.23. The molecule has 0 aliphatic rings. The third-order valence-corrected chi connectivity index (χ3v) is 4.96. The highest BCUT2D eigenvalue weighted by Gasteiger charge is 2.16. The summed E-state index contributed by atoms with van der Waals surface area (Å²) in [6.45, 7) is 0.102. The number of imidazole rings is 1. The Bertz CT molecular complexity index is 1240. The molecule has 29 heavy (non-hydrogen) atoms. The molecule has 4 aromatic rings. The monoisotopic (exact) mass is 430 g/mol. The number of carbonyl (C=O) groups excluding carboxylic acids is 1. The zero-order chi connectivity index (χ0) is 20.5. The van der Waals surface area contributed by atoms with Crippen LogP contribution in [-0.2, 0) is 24.9 Å². The molecule has 0 aliphatic carbocycles. The highest BCUT2D eigenvalue weighted by molar-refractivity contribution is 6.35. The maximum atomic E-state index is 12.7. The summed E-state index contributed by atoms with van der Waals surface area (Å²) in [4.78, 5) is 29.4. The molecule has 0 aliphatic heterocycles. The van der Waals surface area contributed by atoms with Crippen LogP contribution >= 0.6 is 23.2 Å². The van der Waals surface area contributed by atoms with Crippen molar-refractivity contribution in [2.75, 3.05) is 0 Å². The summed E-state index contributed by atoms with van der Waals surface area (Å²) in [6, 6.07) is 10.5. The molecular formula is C20H16Cl2N4O3. The summed E-state index contributed by atoms with van der Waals surface area (Å²) in [7, 11) is 1.64. The number of hydrogen-bond donors (Lipinski definition) is 1. The Hall–Kier alpha value is -3.03. The average molecular weight is 431 g/mol. The van der Waals surface area contributed by atoms with E-state index in [0.29, 0.717) is 27.0 Å². The van der Waals surface area contributed by atoms with Gasteiger partial charge in [-0.25, -0.2) is 9.78 Å². The minimum absolute atomic E-state index is 0.147. The van der Waals surface area contributed by atoms with E-state index < -0.39 is 0 Å². The first-order valence-corrected chi connectivity index (χ1v) is 9.49. The fourth-order valence-electron chi connectivity index (χ4n) is 3.09. The summed E-state index contributed by atoms with van der Waals surface area (Å²) >= 11 is 12.2. The predicted molar refractivity (Wildman–Crippen MR) is 111 cm³/mol. The summed E-state index contributed by atoms with van der Waals surface area (Å²) < 4.78 is 7.98. The van der Waals surface area contributed by atoms with Crippen molar-refractivity contribution in [1.29, 1.82) is 0 Å². The van der Waals surface area contributed by atoms with Crippen LogP contribution in [0.4, 0.5) is 0 Å². The molecule has 0 spiro atoms. The largest absolute Gasteiger partial charge is 0.467 e. The molecule has 4 rings (SSSR count). The van der Waals surface area contributed by atoms with Crippen molar-refractivity contribution in [1.82, 2.24) is 19.4 Å². The molecule has 1 amide bonds. The molecule has 1 N–H and O–H groups in total. The lowest BCUT2D eigenvalue weighted by Gasteiger charge is -2.06. The number of halogens is 2. The molecule has 3 aromatic heterocycles. The lowest BCUT2D eigenvalue weighted by atomic mass is 10.1. The number of benzene rings is 1. The number of fused-ring (bicyclic) bond motifs is 1. The van der Waals surface area contributed by atoms with Crippen molar-refractivity contribution < 1.29 is 9.21 Å². The van der Waals surface area contributed by atoms with Crippen molar-refractivity contribution in [3.63, 3.8) is 0 Å². The third-order valence-electron chi connectivity index (χ3n) is 4.52. The Kier molecular flexibility index (Phi) is 5.17. The Morgan fingerprint density at radius 1 is 1.17 bits per heavy atom. The minimum Gasteiger partial charge on any atom is -0.467 e. The van der Waals surface area contributed by atoms with E-state index in [9.17, 15) is 9.59 Å².